The summed E-state index contributed by atoms with van der Waals surface area (Å²) < 4.78 is 0. The molecule has 0 aromatic heterocycles. The summed E-state index contributed by atoms with van der Waals surface area (Å²) in [5, 5.41) is 3.51. The summed E-state index contributed by atoms with van der Waals surface area (Å²) in [4.78, 5) is 0. The van der Waals surface area contributed by atoms with Crippen LogP contribution >= 0.6 is 0 Å². The van der Waals surface area contributed by atoms with Crippen molar-refractivity contribution in [2.24, 2.45) is 11.7 Å². The Morgan fingerprint density at radius 1 is 1.18 bits per heavy atom. The fourth-order valence-electron chi connectivity index (χ4n) is 2.17. The van der Waals surface area contributed by atoms with E-state index < -0.39 is 0 Å². The molecule has 0 aliphatic heterocycles. The molecule has 0 fully saturated rings. The van der Waals surface area contributed by atoms with Crippen LogP contribution in [0.5, 0.6) is 0 Å². The highest BCUT2D eigenvalue weighted by atomic mass is 14.8. The molecular weight excluding hydrogens is 208 g/mol. The molecule has 1 aromatic rings. The van der Waals surface area contributed by atoms with Gasteiger partial charge in [-0.1, -0.05) is 24.6 Å². The lowest BCUT2D eigenvalue weighted by Crippen LogP contribution is -2.21. The largest absolute Gasteiger partial charge is 0.330 e. The van der Waals surface area contributed by atoms with Crippen molar-refractivity contribution in [1.29, 1.82) is 0 Å². The van der Waals surface area contributed by atoms with Crippen LogP contribution in [0.25, 0.3) is 0 Å². The zero-order chi connectivity index (χ0) is 12.8. The first-order valence-corrected chi connectivity index (χ1v) is 6.52. The van der Waals surface area contributed by atoms with Crippen LogP contribution in [0.15, 0.2) is 12.1 Å². The lowest BCUT2D eigenvalue weighted by molar-refractivity contribution is 0.509. The van der Waals surface area contributed by atoms with Gasteiger partial charge in [-0.05, 0) is 62.9 Å². The van der Waals surface area contributed by atoms with E-state index in [-0.39, 0.29) is 0 Å². The molecule has 1 aromatic carbocycles. The number of hydrogen-bond acceptors (Lipinski definition) is 2. The molecule has 2 heteroatoms. The molecule has 96 valence electrons. The van der Waals surface area contributed by atoms with Crippen molar-refractivity contribution >= 4 is 0 Å². The molecule has 0 saturated heterocycles. The van der Waals surface area contributed by atoms with Gasteiger partial charge < -0.3 is 11.1 Å². The summed E-state index contributed by atoms with van der Waals surface area (Å²) in [7, 11) is 0. The maximum atomic E-state index is 5.60. The summed E-state index contributed by atoms with van der Waals surface area (Å²) in [6, 6.07) is 4.51. The van der Waals surface area contributed by atoms with E-state index in [2.05, 4.69) is 45.1 Å². The van der Waals surface area contributed by atoms with Crippen molar-refractivity contribution in [1.82, 2.24) is 5.32 Å². The third kappa shape index (κ3) is 4.49. The summed E-state index contributed by atoms with van der Waals surface area (Å²) in [5.74, 6) is 0.614. The third-order valence-electron chi connectivity index (χ3n) is 3.36. The van der Waals surface area contributed by atoms with Gasteiger partial charge in [0.05, 0.1) is 0 Å². The number of rotatable bonds is 6. The lowest BCUT2D eigenvalue weighted by Gasteiger charge is -2.13. The monoisotopic (exact) mass is 234 g/mol. The lowest BCUT2D eigenvalue weighted by atomic mass is 10.00. The highest BCUT2D eigenvalue weighted by Crippen LogP contribution is 2.16. The van der Waals surface area contributed by atoms with Crippen molar-refractivity contribution < 1.29 is 0 Å². The number of benzene rings is 1. The van der Waals surface area contributed by atoms with E-state index in [9.17, 15) is 0 Å². The summed E-state index contributed by atoms with van der Waals surface area (Å²) >= 11 is 0. The highest BCUT2D eigenvalue weighted by Gasteiger charge is 2.04. The van der Waals surface area contributed by atoms with E-state index >= 15 is 0 Å². The maximum Gasteiger partial charge on any atom is 0.0210 e. The molecule has 0 aliphatic carbocycles. The van der Waals surface area contributed by atoms with Gasteiger partial charge in [-0.3, -0.25) is 0 Å². The van der Waals surface area contributed by atoms with E-state index in [0.29, 0.717) is 5.92 Å². The van der Waals surface area contributed by atoms with Crippen LogP contribution in [0, 0.1) is 26.7 Å². The van der Waals surface area contributed by atoms with Crippen LogP contribution in [0.4, 0.5) is 0 Å². The molecule has 2 nitrogen and oxygen atoms in total. The van der Waals surface area contributed by atoms with Gasteiger partial charge >= 0.3 is 0 Å². The van der Waals surface area contributed by atoms with Crippen molar-refractivity contribution in [3.8, 4) is 0 Å². The van der Waals surface area contributed by atoms with Gasteiger partial charge in [0.1, 0.15) is 0 Å². The average Bonchev–Trinajstić information content (AvgIpc) is 2.26. The highest BCUT2D eigenvalue weighted by molar-refractivity contribution is 5.37. The predicted molar refractivity (Wildman–Crippen MR) is 75.2 cm³/mol. The van der Waals surface area contributed by atoms with Crippen LogP contribution in [0.3, 0.4) is 0 Å². The molecule has 0 saturated carbocycles. The zero-order valence-electron chi connectivity index (χ0n) is 11.6. The fourth-order valence-corrected chi connectivity index (χ4v) is 2.17. The van der Waals surface area contributed by atoms with Crippen molar-refractivity contribution in [2.75, 3.05) is 13.1 Å². The van der Waals surface area contributed by atoms with E-state index in [0.717, 1.165) is 26.1 Å². The Labute approximate surface area is 106 Å². The third-order valence-corrected chi connectivity index (χ3v) is 3.36. The SMILES string of the molecule is Cc1cc(C)c(CNCCC(C)CN)c(C)c1. The van der Waals surface area contributed by atoms with E-state index in [1.54, 1.807) is 0 Å². The van der Waals surface area contributed by atoms with Gasteiger partial charge in [0, 0.05) is 6.54 Å². The Morgan fingerprint density at radius 2 is 1.76 bits per heavy atom. The molecule has 17 heavy (non-hydrogen) atoms. The number of nitrogens with two attached hydrogens (primary N) is 1. The van der Waals surface area contributed by atoms with Crippen LogP contribution in [0.2, 0.25) is 0 Å². The van der Waals surface area contributed by atoms with Gasteiger partial charge in [0.25, 0.3) is 0 Å². The van der Waals surface area contributed by atoms with E-state index in [1.807, 2.05) is 0 Å². The summed E-state index contributed by atoms with van der Waals surface area (Å²) in [5.41, 5.74) is 11.2. The fraction of sp³-hybridized carbons (Fsp3) is 0.600. The minimum Gasteiger partial charge on any atom is -0.330 e. The van der Waals surface area contributed by atoms with Crippen LogP contribution < -0.4 is 11.1 Å². The van der Waals surface area contributed by atoms with Gasteiger partial charge in [0.15, 0.2) is 0 Å². The van der Waals surface area contributed by atoms with Crippen molar-refractivity contribution in [3.05, 3.63) is 34.4 Å². The number of aryl methyl sites for hydroxylation is 3. The Morgan fingerprint density at radius 3 is 2.29 bits per heavy atom. The topological polar surface area (TPSA) is 38.0 Å². The second-order valence-electron chi connectivity index (χ2n) is 5.18. The molecule has 1 unspecified atom stereocenters. The number of hydrogen-bond donors (Lipinski definition) is 2. The Kier molecular flexibility index (Phi) is 5.66. The molecule has 0 aliphatic rings. The Balaban J connectivity index is 2.47. The Bertz CT molecular complexity index is 335. The molecule has 0 radical (unpaired) electrons. The average molecular weight is 234 g/mol. The minimum absolute atomic E-state index is 0.614. The van der Waals surface area contributed by atoms with Gasteiger partial charge in [-0.15, -0.1) is 0 Å². The van der Waals surface area contributed by atoms with Gasteiger partial charge in [0.2, 0.25) is 0 Å². The van der Waals surface area contributed by atoms with Gasteiger partial charge in [-0.25, -0.2) is 0 Å². The molecule has 0 amide bonds. The zero-order valence-corrected chi connectivity index (χ0v) is 11.6. The standard InChI is InChI=1S/C15H26N2/c1-11(9-16)5-6-17-10-15-13(3)7-12(2)8-14(15)4/h7-8,11,17H,5-6,9-10,16H2,1-4H3. The first-order chi connectivity index (χ1) is 8.04. The van der Waals surface area contributed by atoms with E-state index in [1.165, 1.54) is 22.3 Å². The molecule has 1 rings (SSSR count). The quantitative estimate of drug-likeness (QED) is 0.743. The molecule has 3 N–H and O–H groups in total. The second kappa shape index (κ2) is 6.77. The molecule has 0 spiro atoms. The molecule has 1 atom stereocenters. The summed E-state index contributed by atoms with van der Waals surface area (Å²) in [6.07, 6.45) is 1.15. The Hall–Kier alpha value is -0.860. The first-order valence-electron chi connectivity index (χ1n) is 6.52. The van der Waals surface area contributed by atoms with Crippen LogP contribution in [-0.4, -0.2) is 13.1 Å². The molecule has 0 heterocycles. The smallest absolute Gasteiger partial charge is 0.0210 e. The van der Waals surface area contributed by atoms with Crippen LogP contribution in [-0.2, 0) is 6.54 Å². The second-order valence-corrected chi connectivity index (χ2v) is 5.18. The van der Waals surface area contributed by atoms with Crippen LogP contribution in [0.1, 0.15) is 35.6 Å². The van der Waals surface area contributed by atoms with E-state index in [4.69, 9.17) is 5.73 Å². The van der Waals surface area contributed by atoms with Crippen molar-refractivity contribution in [3.63, 3.8) is 0 Å². The normalized spacial score (nSPS) is 12.8. The minimum atomic E-state index is 0.614. The maximum absolute atomic E-state index is 5.60. The number of nitrogens with one attached hydrogen (secondary N) is 1. The first kappa shape index (κ1) is 14.2. The molecule has 0 bridgehead atoms. The van der Waals surface area contributed by atoms with Crippen molar-refractivity contribution in [2.45, 2.75) is 40.7 Å². The molecular formula is C15H26N2. The summed E-state index contributed by atoms with van der Waals surface area (Å²) in [6.45, 7) is 11.5. The predicted octanol–water partition coefficient (Wildman–Crippen LogP) is 2.69. The van der Waals surface area contributed by atoms with Gasteiger partial charge in [-0.2, -0.15) is 0 Å².